The van der Waals surface area contributed by atoms with Gasteiger partial charge in [0.05, 0.1) is 11.2 Å². The topological polar surface area (TPSA) is 36.9 Å². The van der Waals surface area contributed by atoms with Crippen LogP contribution in [-0.4, -0.2) is 20.5 Å². The number of rotatable bonds is 6. The van der Waals surface area contributed by atoms with Crippen LogP contribution in [-0.2, 0) is 18.9 Å². The lowest BCUT2D eigenvalue weighted by molar-refractivity contribution is -0.337. The van der Waals surface area contributed by atoms with Crippen LogP contribution in [0, 0.1) is 0 Å². The molecule has 1 aromatic carbocycles. The Kier molecular flexibility index (Phi) is 6.31. The van der Waals surface area contributed by atoms with Crippen LogP contribution in [0.15, 0.2) is 30.8 Å². The summed E-state index contributed by atoms with van der Waals surface area (Å²) in [4.78, 5) is 10.8. The van der Waals surface area contributed by atoms with Crippen molar-refractivity contribution in [2.75, 3.05) is 0 Å². The Labute approximate surface area is 129 Å². The first-order chi connectivity index (χ1) is 9.62. The van der Waals surface area contributed by atoms with E-state index in [-0.39, 0.29) is 0 Å². The van der Waals surface area contributed by atoms with Crippen molar-refractivity contribution in [3.8, 4) is 0 Å². The van der Waals surface area contributed by atoms with Gasteiger partial charge in [0.25, 0.3) is 0 Å². The van der Waals surface area contributed by atoms with Crippen molar-refractivity contribution in [3.05, 3.63) is 36.4 Å². The molecule has 0 fully saturated rings. The van der Waals surface area contributed by atoms with E-state index in [0.29, 0.717) is 0 Å². The molecular weight excluding hydrogens is 284 g/mol. The van der Waals surface area contributed by atoms with Crippen molar-refractivity contribution < 1.29 is 18.9 Å². The Morgan fingerprint density at radius 1 is 0.905 bits per heavy atom. The molecule has 0 saturated carbocycles. The molecule has 5 heteroatoms. The normalized spacial score (nSPS) is 12.7. The van der Waals surface area contributed by atoms with E-state index in [1.54, 1.807) is 6.08 Å². The van der Waals surface area contributed by atoms with E-state index in [1.807, 2.05) is 65.8 Å². The third-order valence-corrected chi connectivity index (χ3v) is 3.50. The van der Waals surface area contributed by atoms with E-state index >= 15 is 0 Å². The van der Waals surface area contributed by atoms with Gasteiger partial charge >= 0.3 is 9.28 Å². The summed E-state index contributed by atoms with van der Waals surface area (Å²) in [6.45, 7) is 15.3. The molecule has 0 spiro atoms. The standard InChI is InChI=1S/C16H25O4Si/c1-8-13-11-9-10-12-14(13)21(19-17-15(2,3)4)20-18-16(5,6)7/h8-12H,1H2,2-7H3. The molecular formula is C16H25O4Si. The highest BCUT2D eigenvalue weighted by Gasteiger charge is 2.29. The van der Waals surface area contributed by atoms with Gasteiger partial charge in [-0.2, -0.15) is 0 Å². The van der Waals surface area contributed by atoms with Crippen LogP contribution < -0.4 is 5.19 Å². The third-order valence-electron chi connectivity index (χ3n) is 2.14. The van der Waals surface area contributed by atoms with Gasteiger partial charge in [0.15, 0.2) is 0 Å². The molecule has 0 aliphatic heterocycles. The van der Waals surface area contributed by atoms with E-state index in [4.69, 9.17) is 18.9 Å². The van der Waals surface area contributed by atoms with Crippen molar-refractivity contribution >= 4 is 20.5 Å². The first-order valence-electron chi connectivity index (χ1n) is 6.92. The Hall–Kier alpha value is -0.983. The maximum absolute atomic E-state index is 5.54. The van der Waals surface area contributed by atoms with Gasteiger partial charge in [-0.1, -0.05) is 36.9 Å². The largest absolute Gasteiger partial charge is 0.492 e. The second-order valence-electron chi connectivity index (χ2n) is 6.64. The zero-order chi connectivity index (χ0) is 16.1. The Bertz CT molecular complexity index is 442. The van der Waals surface area contributed by atoms with Gasteiger partial charge in [0.1, 0.15) is 0 Å². The summed E-state index contributed by atoms with van der Waals surface area (Å²) >= 11 is 0. The molecule has 0 amide bonds. The maximum Gasteiger partial charge on any atom is 0.492 e. The fraction of sp³-hybridized carbons (Fsp3) is 0.500. The molecule has 1 aromatic rings. The first-order valence-corrected chi connectivity index (χ1v) is 8.24. The van der Waals surface area contributed by atoms with Crippen LogP contribution in [0.1, 0.15) is 47.1 Å². The van der Waals surface area contributed by atoms with E-state index in [2.05, 4.69) is 6.58 Å². The van der Waals surface area contributed by atoms with Crippen LogP contribution in [0.5, 0.6) is 0 Å². The highest BCUT2D eigenvalue weighted by atomic mass is 28.3. The minimum atomic E-state index is -1.95. The molecule has 0 unspecified atom stereocenters. The molecule has 0 aliphatic carbocycles. The zero-order valence-electron chi connectivity index (χ0n) is 13.7. The molecule has 4 nitrogen and oxygen atoms in total. The number of benzene rings is 1. The van der Waals surface area contributed by atoms with E-state index in [0.717, 1.165) is 10.8 Å². The van der Waals surface area contributed by atoms with E-state index in [1.165, 1.54) is 0 Å². The van der Waals surface area contributed by atoms with Gasteiger partial charge in [-0.3, -0.25) is 0 Å². The summed E-state index contributed by atoms with van der Waals surface area (Å²) in [5.41, 5.74) is 0.0928. The van der Waals surface area contributed by atoms with Gasteiger partial charge in [-0.15, -0.1) is 0 Å². The molecule has 0 atom stereocenters. The lowest BCUT2D eigenvalue weighted by Crippen LogP contribution is -2.42. The summed E-state index contributed by atoms with van der Waals surface area (Å²) < 4.78 is 11.1. The molecule has 0 saturated heterocycles. The van der Waals surface area contributed by atoms with Gasteiger partial charge in [-0.25, -0.2) is 18.9 Å². The van der Waals surface area contributed by atoms with Crippen molar-refractivity contribution in [2.45, 2.75) is 52.7 Å². The SMILES string of the molecule is C=Cc1ccccc1[Si](OOC(C)(C)C)OOC(C)(C)C. The molecule has 0 heterocycles. The first kappa shape index (κ1) is 18.1. The highest BCUT2D eigenvalue weighted by molar-refractivity contribution is 6.61. The quantitative estimate of drug-likeness (QED) is 0.458. The van der Waals surface area contributed by atoms with Crippen molar-refractivity contribution in [2.24, 2.45) is 0 Å². The van der Waals surface area contributed by atoms with Gasteiger partial charge < -0.3 is 0 Å². The Morgan fingerprint density at radius 3 is 1.81 bits per heavy atom. The lowest BCUT2D eigenvalue weighted by Gasteiger charge is -2.24. The van der Waals surface area contributed by atoms with Crippen molar-refractivity contribution in [1.82, 2.24) is 0 Å². The van der Waals surface area contributed by atoms with Crippen LogP contribution in [0.25, 0.3) is 6.08 Å². The fourth-order valence-electron chi connectivity index (χ4n) is 1.29. The summed E-state index contributed by atoms with van der Waals surface area (Å²) in [5, 5.41) is 0.894. The smallest absolute Gasteiger partial charge is 0.240 e. The highest BCUT2D eigenvalue weighted by Crippen LogP contribution is 2.13. The minimum Gasteiger partial charge on any atom is -0.240 e. The van der Waals surface area contributed by atoms with E-state index < -0.39 is 20.5 Å². The maximum atomic E-state index is 5.54. The van der Waals surface area contributed by atoms with Gasteiger partial charge in [0, 0.05) is 5.19 Å². The van der Waals surface area contributed by atoms with Crippen molar-refractivity contribution in [1.29, 1.82) is 0 Å². The second kappa shape index (κ2) is 7.33. The third kappa shape index (κ3) is 7.02. The molecule has 1 radical (unpaired) electrons. The van der Waals surface area contributed by atoms with Crippen LogP contribution in [0.2, 0.25) is 0 Å². The molecule has 0 aromatic heterocycles. The monoisotopic (exact) mass is 309 g/mol. The van der Waals surface area contributed by atoms with Crippen LogP contribution >= 0.6 is 0 Å². The summed E-state index contributed by atoms with van der Waals surface area (Å²) in [6.07, 6.45) is 1.76. The molecule has 0 N–H and O–H groups in total. The average Bonchev–Trinajstić information content (AvgIpc) is 2.36. The van der Waals surface area contributed by atoms with E-state index in [9.17, 15) is 0 Å². The Morgan fingerprint density at radius 2 is 1.38 bits per heavy atom. The van der Waals surface area contributed by atoms with Gasteiger partial charge in [0.2, 0.25) is 0 Å². The van der Waals surface area contributed by atoms with Gasteiger partial charge in [-0.05, 0) is 47.1 Å². The number of hydrogen-bond acceptors (Lipinski definition) is 4. The average molecular weight is 309 g/mol. The Balaban J connectivity index is 2.92. The molecule has 0 aliphatic rings. The second-order valence-corrected chi connectivity index (χ2v) is 8.08. The molecule has 1 rings (SSSR count). The number of hydrogen-bond donors (Lipinski definition) is 0. The van der Waals surface area contributed by atoms with Crippen molar-refractivity contribution in [3.63, 3.8) is 0 Å². The lowest BCUT2D eigenvalue weighted by atomic mass is 10.2. The predicted molar refractivity (Wildman–Crippen MR) is 85.8 cm³/mol. The molecule has 117 valence electrons. The summed E-state index contributed by atoms with van der Waals surface area (Å²) in [6, 6.07) is 7.75. The van der Waals surface area contributed by atoms with Crippen LogP contribution in [0.3, 0.4) is 0 Å². The predicted octanol–water partition coefficient (Wildman–Crippen LogP) is 3.52. The molecule has 0 bridgehead atoms. The summed E-state index contributed by atoms with van der Waals surface area (Å²) in [5.74, 6) is 0. The molecule has 21 heavy (non-hydrogen) atoms. The van der Waals surface area contributed by atoms with Crippen LogP contribution in [0.4, 0.5) is 0 Å². The zero-order valence-corrected chi connectivity index (χ0v) is 14.7. The summed E-state index contributed by atoms with van der Waals surface area (Å²) in [7, 11) is -1.95. The fourth-order valence-corrected chi connectivity index (χ4v) is 2.80. The minimum absolute atomic E-state index is 0.426.